The lowest BCUT2D eigenvalue weighted by molar-refractivity contribution is -0.154. The van der Waals surface area contributed by atoms with Gasteiger partial charge in [-0.2, -0.15) is 0 Å². The highest BCUT2D eigenvalue weighted by Gasteiger charge is 2.52. The zero-order valence-electron chi connectivity index (χ0n) is 27.0. The first kappa shape index (κ1) is 35.8. The van der Waals surface area contributed by atoms with Crippen LogP contribution < -0.4 is 0 Å². The number of aromatic nitrogens is 6. The number of ether oxygens (including phenoxy) is 4. The summed E-state index contributed by atoms with van der Waals surface area (Å²) in [6, 6.07) is 7.23. The third kappa shape index (κ3) is 7.37. The van der Waals surface area contributed by atoms with Crippen LogP contribution in [0.3, 0.4) is 0 Å². The summed E-state index contributed by atoms with van der Waals surface area (Å²) < 4.78 is 68.1. The Bertz CT molecular complexity index is 1840. The molecule has 8 atom stereocenters. The van der Waals surface area contributed by atoms with Crippen LogP contribution >= 0.6 is 22.5 Å². The molecule has 2 saturated heterocycles. The number of carbonyl (C=O) groups excluding carboxylic acids is 2. The van der Waals surface area contributed by atoms with Crippen molar-refractivity contribution in [2.24, 2.45) is 0 Å². The number of carbonyl (C=O) groups is 2. The van der Waals surface area contributed by atoms with Crippen molar-refractivity contribution in [3.05, 3.63) is 71.3 Å². The van der Waals surface area contributed by atoms with Crippen molar-refractivity contribution >= 4 is 34.4 Å². The minimum atomic E-state index is -1.62. The second-order valence-corrected chi connectivity index (χ2v) is 15.2. The highest BCUT2D eigenvalue weighted by Crippen LogP contribution is 2.52. The second kappa shape index (κ2) is 15.1. The van der Waals surface area contributed by atoms with Crippen molar-refractivity contribution in [2.75, 3.05) is 32.7 Å². The first-order valence-corrected chi connectivity index (χ1v) is 17.6. The van der Waals surface area contributed by atoms with Crippen LogP contribution in [0.2, 0.25) is 5.02 Å². The molecule has 50 heavy (non-hydrogen) atoms. The number of rotatable bonds is 9. The van der Waals surface area contributed by atoms with Gasteiger partial charge in [0.05, 0.1) is 43.1 Å². The van der Waals surface area contributed by atoms with E-state index in [1.807, 2.05) is 6.07 Å². The number of esters is 2. The Morgan fingerprint density at radius 3 is 2.34 bits per heavy atom. The molecule has 0 aliphatic carbocycles. The summed E-state index contributed by atoms with van der Waals surface area (Å²) in [7, 11) is 0.0678. The summed E-state index contributed by atoms with van der Waals surface area (Å²) in [6.45, 7) is 2.61. The molecule has 13 nitrogen and oxygen atoms in total. The number of methoxy groups -OCH3 is 1. The zero-order valence-corrected chi connectivity index (χ0v) is 28.7. The maximum atomic E-state index is 14.1. The van der Waals surface area contributed by atoms with E-state index in [-0.39, 0.29) is 31.1 Å². The highest BCUT2D eigenvalue weighted by atomic mass is 35.5. The standard InChI is InChI=1S/C32H34ClF3N6O7S/c1-16(43)48-14-28-32(49-17(2)44)30(42-11-24(38-40-42)19-8-21(34)29(36)22(35)9-19)26(46-3)15-50(28)27-13-47-12-25(31(27)45)41-10-23(37-39-41)18-5-4-6-20(33)7-18/h4-11,25-28,30-32,45,50H,12-15H2,1-3H3/t25-,26-,27+,28+,30-,31+,32-/m0/s1. The van der Waals surface area contributed by atoms with Crippen molar-refractivity contribution in [3.63, 3.8) is 0 Å². The van der Waals surface area contributed by atoms with E-state index in [1.165, 1.54) is 31.8 Å². The molecular formula is C32H34ClF3N6O7S. The molecule has 4 aromatic rings. The summed E-state index contributed by atoms with van der Waals surface area (Å²) >= 11 is 6.17. The molecule has 1 N–H and O–H groups in total. The van der Waals surface area contributed by atoms with Crippen LogP contribution in [0.4, 0.5) is 13.2 Å². The fourth-order valence-corrected chi connectivity index (χ4v) is 10.3. The average molecular weight is 739 g/mol. The summed E-state index contributed by atoms with van der Waals surface area (Å²) in [5.74, 6) is -5.30. The van der Waals surface area contributed by atoms with Gasteiger partial charge >= 0.3 is 11.9 Å². The molecule has 2 fully saturated rings. The third-order valence-electron chi connectivity index (χ3n) is 8.83. The smallest absolute Gasteiger partial charge is 0.303 e. The molecule has 2 aromatic carbocycles. The Hall–Kier alpha value is -4.03. The fourth-order valence-electron chi connectivity index (χ4n) is 6.49. The first-order chi connectivity index (χ1) is 23.9. The van der Waals surface area contributed by atoms with Crippen LogP contribution in [0.15, 0.2) is 48.8 Å². The van der Waals surface area contributed by atoms with Gasteiger partial charge in [-0.3, -0.25) is 9.59 Å². The van der Waals surface area contributed by atoms with Crippen LogP contribution in [-0.2, 0) is 28.5 Å². The van der Waals surface area contributed by atoms with Crippen LogP contribution in [0.5, 0.6) is 0 Å². The van der Waals surface area contributed by atoms with Crippen LogP contribution in [0.25, 0.3) is 22.5 Å². The van der Waals surface area contributed by atoms with E-state index in [9.17, 15) is 27.9 Å². The molecule has 0 saturated carbocycles. The van der Waals surface area contributed by atoms with Crippen molar-refractivity contribution in [2.45, 2.75) is 54.7 Å². The van der Waals surface area contributed by atoms with Gasteiger partial charge in [-0.15, -0.1) is 10.2 Å². The minimum absolute atomic E-state index is 0.0209. The number of benzene rings is 2. The number of aliphatic hydroxyl groups is 1. The fraction of sp³-hybridized carbons (Fsp3) is 0.438. The summed E-state index contributed by atoms with van der Waals surface area (Å²) in [6.07, 6.45) is 0.362. The van der Waals surface area contributed by atoms with Crippen LogP contribution in [0.1, 0.15) is 25.9 Å². The number of aliphatic hydroxyl groups excluding tert-OH is 1. The number of nitrogens with zero attached hydrogens (tertiary/aromatic N) is 6. The van der Waals surface area contributed by atoms with Crippen molar-refractivity contribution in [1.29, 1.82) is 0 Å². The lowest BCUT2D eigenvalue weighted by Crippen LogP contribution is -2.57. The summed E-state index contributed by atoms with van der Waals surface area (Å²) in [4.78, 5) is 24.7. The SMILES string of the molecule is CO[C@H]1C[SH]([C@@H]2COC[C@H](n3cc(-c4cccc(Cl)c4)nn3)[C@H]2O)[C@H](COC(C)=O)[C@H](OC(C)=O)[C@H]1n1cc(-c2cc(F)c(F)c(F)c2)nn1. The monoisotopic (exact) mass is 738 g/mol. The van der Waals surface area contributed by atoms with Gasteiger partial charge in [-0.25, -0.2) is 33.4 Å². The van der Waals surface area contributed by atoms with Crippen molar-refractivity contribution in [1.82, 2.24) is 30.0 Å². The molecule has 2 aromatic heterocycles. The lowest BCUT2D eigenvalue weighted by Gasteiger charge is -2.52. The number of hydrogen-bond acceptors (Lipinski definition) is 11. The van der Waals surface area contributed by atoms with Gasteiger partial charge in [0.1, 0.15) is 36.2 Å². The van der Waals surface area contributed by atoms with Gasteiger partial charge in [0.15, 0.2) is 17.5 Å². The molecule has 6 rings (SSSR count). The second-order valence-electron chi connectivity index (χ2n) is 12.0. The Morgan fingerprint density at radius 2 is 1.68 bits per heavy atom. The molecule has 0 bridgehead atoms. The van der Waals surface area contributed by atoms with E-state index in [1.54, 1.807) is 29.1 Å². The van der Waals surface area contributed by atoms with E-state index >= 15 is 0 Å². The molecule has 1 unspecified atom stereocenters. The molecule has 0 radical (unpaired) electrons. The van der Waals surface area contributed by atoms with Gasteiger partial charge in [0.2, 0.25) is 0 Å². The molecule has 4 heterocycles. The first-order valence-electron chi connectivity index (χ1n) is 15.5. The Morgan fingerprint density at radius 1 is 1.00 bits per heavy atom. The van der Waals surface area contributed by atoms with Gasteiger partial charge in [-0.1, -0.05) is 34.2 Å². The maximum Gasteiger partial charge on any atom is 0.303 e. The molecule has 2 aliphatic heterocycles. The van der Waals surface area contributed by atoms with E-state index < -0.39 is 81.2 Å². The number of hydrogen-bond donors (Lipinski definition) is 2. The predicted molar refractivity (Wildman–Crippen MR) is 175 cm³/mol. The topological polar surface area (TPSA) is 153 Å². The Labute approximate surface area is 291 Å². The van der Waals surface area contributed by atoms with E-state index in [2.05, 4.69) is 20.6 Å². The molecule has 2 aliphatic rings. The van der Waals surface area contributed by atoms with E-state index in [0.717, 1.165) is 17.7 Å². The van der Waals surface area contributed by atoms with E-state index in [4.69, 9.17) is 30.5 Å². The van der Waals surface area contributed by atoms with Crippen molar-refractivity contribution < 1.29 is 46.8 Å². The Kier molecular flexibility index (Phi) is 10.8. The Balaban J connectivity index is 1.34. The van der Waals surface area contributed by atoms with Gasteiger partial charge in [0.25, 0.3) is 0 Å². The molecule has 0 spiro atoms. The average Bonchev–Trinajstić information content (AvgIpc) is 3.77. The maximum absolute atomic E-state index is 14.1. The third-order valence-corrected chi connectivity index (χ3v) is 12.5. The molecule has 18 heteroatoms. The van der Waals surface area contributed by atoms with Gasteiger partial charge in [0, 0.05) is 48.1 Å². The van der Waals surface area contributed by atoms with Crippen LogP contribution in [-0.4, -0.2) is 109 Å². The molecule has 0 amide bonds. The lowest BCUT2D eigenvalue weighted by atomic mass is 10.0. The summed E-state index contributed by atoms with van der Waals surface area (Å²) in [5.41, 5.74) is 1.25. The molecule has 268 valence electrons. The quantitative estimate of drug-likeness (QED) is 0.147. The van der Waals surface area contributed by atoms with E-state index in [0.29, 0.717) is 16.5 Å². The number of halogens is 4. The zero-order chi connectivity index (χ0) is 35.7. The minimum Gasteiger partial charge on any atom is -0.465 e. The molecular weight excluding hydrogens is 705 g/mol. The number of thiol groups is 1. The van der Waals surface area contributed by atoms with Gasteiger partial charge < -0.3 is 24.1 Å². The highest BCUT2D eigenvalue weighted by molar-refractivity contribution is 8.18. The normalized spacial score (nSPS) is 27.5. The predicted octanol–water partition coefficient (Wildman–Crippen LogP) is 3.71. The van der Waals surface area contributed by atoms with Gasteiger partial charge in [-0.05, 0) is 24.3 Å². The van der Waals surface area contributed by atoms with Crippen LogP contribution in [0, 0.1) is 17.5 Å². The summed E-state index contributed by atoms with van der Waals surface area (Å²) in [5, 5.41) is 28.0. The van der Waals surface area contributed by atoms with Crippen molar-refractivity contribution in [3.8, 4) is 22.5 Å². The largest absolute Gasteiger partial charge is 0.465 e.